The molecule has 4 aromatic rings. The first-order valence-electron chi connectivity index (χ1n) is 9.42. The minimum Gasteiger partial charge on any atom is -0.492 e. The molecule has 0 aliphatic carbocycles. The maximum atomic E-state index is 12.5. The number of para-hydroxylation sites is 1. The second kappa shape index (κ2) is 9.37. The minimum absolute atomic E-state index is 0.147. The fourth-order valence-electron chi connectivity index (χ4n) is 3.06. The number of rotatable bonds is 7. The first-order valence-corrected chi connectivity index (χ1v) is 10.2. The van der Waals surface area contributed by atoms with Crippen LogP contribution in [0.3, 0.4) is 0 Å². The molecule has 0 aliphatic rings. The molecule has 1 amide bonds. The van der Waals surface area contributed by atoms with E-state index in [0.29, 0.717) is 5.69 Å². The van der Waals surface area contributed by atoms with E-state index in [1.807, 2.05) is 72.8 Å². The molecule has 0 radical (unpaired) electrons. The molecule has 4 rings (SSSR count). The maximum Gasteiger partial charge on any atom is 0.227 e. The van der Waals surface area contributed by atoms with E-state index in [1.54, 1.807) is 11.0 Å². The lowest BCUT2D eigenvalue weighted by atomic mass is 10.1. The van der Waals surface area contributed by atoms with Gasteiger partial charge < -0.3 is 10.1 Å². The molecule has 0 bridgehead atoms. The Bertz CT molecular complexity index is 1130. The number of ether oxygens (including phenoxy) is 1. The standard InChI is InChI=1S/C23H19BrN4O2/c24-18-10-11-21(28-16-25-15-26-28)20(14-18)27-23(29)12-13-30-22-9-5-4-8-19(22)17-6-2-1-3-7-17/h1-11,14-16H,12-13H2,(H,27,29). The number of benzene rings is 3. The number of nitrogens with one attached hydrogen (secondary N) is 1. The summed E-state index contributed by atoms with van der Waals surface area (Å²) in [5.74, 6) is 0.605. The van der Waals surface area contributed by atoms with Crippen molar-refractivity contribution in [3.05, 3.63) is 89.9 Å². The zero-order chi connectivity index (χ0) is 20.8. The predicted molar refractivity (Wildman–Crippen MR) is 120 cm³/mol. The monoisotopic (exact) mass is 462 g/mol. The van der Waals surface area contributed by atoms with Crippen molar-refractivity contribution >= 4 is 27.5 Å². The molecule has 0 unspecified atom stereocenters. The molecule has 0 atom stereocenters. The lowest BCUT2D eigenvalue weighted by molar-refractivity contribution is -0.116. The van der Waals surface area contributed by atoms with Crippen molar-refractivity contribution in [2.45, 2.75) is 6.42 Å². The number of halogens is 1. The number of hydrogen-bond acceptors (Lipinski definition) is 4. The Balaban J connectivity index is 1.41. The van der Waals surface area contributed by atoms with Crippen LogP contribution in [0.5, 0.6) is 5.75 Å². The minimum atomic E-state index is -0.147. The van der Waals surface area contributed by atoms with Gasteiger partial charge in [0.2, 0.25) is 5.91 Å². The van der Waals surface area contributed by atoms with Crippen LogP contribution in [0.25, 0.3) is 16.8 Å². The lowest BCUT2D eigenvalue weighted by Gasteiger charge is -2.13. The molecule has 7 heteroatoms. The van der Waals surface area contributed by atoms with Gasteiger partial charge in [0.25, 0.3) is 0 Å². The van der Waals surface area contributed by atoms with Crippen molar-refractivity contribution in [3.63, 3.8) is 0 Å². The van der Waals surface area contributed by atoms with Crippen molar-refractivity contribution in [1.82, 2.24) is 14.8 Å². The third-order valence-corrected chi connectivity index (χ3v) is 4.95. The molecule has 0 aliphatic heterocycles. The van der Waals surface area contributed by atoms with Crippen LogP contribution in [0, 0.1) is 0 Å². The normalized spacial score (nSPS) is 10.6. The van der Waals surface area contributed by atoms with Crippen LogP contribution in [-0.2, 0) is 4.79 Å². The smallest absolute Gasteiger partial charge is 0.227 e. The first kappa shape index (κ1) is 19.8. The van der Waals surface area contributed by atoms with E-state index in [2.05, 4.69) is 31.3 Å². The molecule has 150 valence electrons. The highest BCUT2D eigenvalue weighted by molar-refractivity contribution is 9.10. The molecule has 3 aromatic carbocycles. The van der Waals surface area contributed by atoms with Gasteiger partial charge in [-0.3, -0.25) is 4.79 Å². The average molecular weight is 463 g/mol. The number of hydrogen-bond donors (Lipinski definition) is 1. The summed E-state index contributed by atoms with van der Waals surface area (Å²) in [6, 6.07) is 23.4. The van der Waals surface area contributed by atoms with Gasteiger partial charge in [0, 0.05) is 10.0 Å². The summed E-state index contributed by atoms with van der Waals surface area (Å²) in [5.41, 5.74) is 3.45. The Morgan fingerprint density at radius 1 is 1.03 bits per heavy atom. The first-order chi connectivity index (χ1) is 14.7. The molecule has 0 saturated heterocycles. The Hall–Kier alpha value is -3.45. The summed E-state index contributed by atoms with van der Waals surface area (Å²) >= 11 is 3.44. The Labute approximate surface area is 182 Å². The maximum absolute atomic E-state index is 12.5. The second-order valence-corrected chi connectivity index (χ2v) is 7.43. The van der Waals surface area contributed by atoms with Crippen molar-refractivity contribution in [2.75, 3.05) is 11.9 Å². The highest BCUT2D eigenvalue weighted by Crippen LogP contribution is 2.29. The second-order valence-electron chi connectivity index (χ2n) is 6.51. The fourth-order valence-corrected chi connectivity index (χ4v) is 3.42. The molecule has 0 spiro atoms. The van der Waals surface area contributed by atoms with Crippen LogP contribution in [0.15, 0.2) is 89.9 Å². The average Bonchev–Trinajstić information content (AvgIpc) is 3.29. The Morgan fingerprint density at radius 3 is 2.63 bits per heavy atom. The zero-order valence-corrected chi connectivity index (χ0v) is 17.6. The highest BCUT2D eigenvalue weighted by atomic mass is 79.9. The summed E-state index contributed by atoms with van der Waals surface area (Å²) in [5, 5.41) is 7.07. The molecule has 1 N–H and O–H groups in total. The molecule has 30 heavy (non-hydrogen) atoms. The summed E-state index contributed by atoms with van der Waals surface area (Å²) < 4.78 is 8.39. The van der Waals surface area contributed by atoms with E-state index in [1.165, 1.54) is 6.33 Å². The highest BCUT2D eigenvalue weighted by Gasteiger charge is 2.11. The number of nitrogens with zero attached hydrogens (tertiary/aromatic N) is 3. The van der Waals surface area contributed by atoms with E-state index < -0.39 is 0 Å². The van der Waals surface area contributed by atoms with Gasteiger partial charge in [0.05, 0.1) is 24.4 Å². The van der Waals surface area contributed by atoms with Crippen molar-refractivity contribution in [2.24, 2.45) is 0 Å². The fraction of sp³-hybridized carbons (Fsp3) is 0.0870. The third-order valence-electron chi connectivity index (χ3n) is 4.46. The summed E-state index contributed by atoms with van der Waals surface area (Å²) in [4.78, 5) is 16.5. The van der Waals surface area contributed by atoms with Gasteiger partial charge in [-0.25, -0.2) is 9.67 Å². The van der Waals surface area contributed by atoms with Crippen LogP contribution < -0.4 is 10.1 Å². The lowest BCUT2D eigenvalue weighted by Crippen LogP contribution is -2.17. The van der Waals surface area contributed by atoms with E-state index in [0.717, 1.165) is 27.0 Å². The van der Waals surface area contributed by atoms with Crippen LogP contribution in [0.2, 0.25) is 0 Å². The van der Waals surface area contributed by atoms with E-state index >= 15 is 0 Å². The third kappa shape index (κ3) is 4.75. The van der Waals surface area contributed by atoms with Crippen LogP contribution in [0.1, 0.15) is 6.42 Å². The molecular weight excluding hydrogens is 444 g/mol. The largest absolute Gasteiger partial charge is 0.492 e. The van der Waals surface area contributed by atoms with Crippen LogP contribution >= 0.6 is 15.9 Å². The Kier molecular flexibility index (Phi) is 6.20. The van der Waals surface area contributed by atoms with Gasteiger partial charge in [-0.05, 0) is 29.8 Å². The van der Waals surface area contributed by atoms with Gasteiger partial charge in [-0.1, -0.05) is 64.5 Å². The molecule has 0 saturated carbocycles. The molecule has 1 aromatic heterocycles. The predicted octanol–water partition coefficient (Wildman–Crippen LogP) is 5.10. The molecule has 1 heterocycles. The summed E-state index contributed by atoms with van der Waals surface area (Å²) in [6.07, 6.45) is 3.25. The topological polar surface area (TPSA) is 69.0 Å². The van der Waals surface area contributed by atoms with Gasteiger partial charge in [0.1, 0.15) is 18.4 Å². The SMILES string of the molecule is O=C(CCOc1ccccc1-c1ccccc1)Nc1cc(Br)ccc1-n1cncn1. The number of aromatic nitrogens is 3. The van der Waals surface area contributed by atoms with E-state index in [9.17, 15) is 4.79 Å². The van der Waals surface area contributed by atoms with Crippen molar-refractivity contribution in [3.8, 4) is 22.6 Å². The number of anilines is 1. The molecule has 6 nitrogen and oxygen atoms in total. The van der Waals surface area contributed by atoms with Gasteiger partial charge in [-0.2, -0.15) is 5.10 Å². The van der Waals surface area contributed by atoms with Gasteiger partial charge >= 0.3 is 0 Å². The number of amides is 1. The number of carbonyl (C=O) groups excluding carboxylic acids is 1. The Morgan fingerprint density at radius 2 is 1.83 bits per heavy atom. The van der Waals surface area contributed by atoms with Gasteiger partial charge in [-0.15, -0.1) is 0 Å². The molecular formula is C23H19BrN4O2. The summed E-state index contributed by atoms with van der Waals surface area (Å²) in [7, 11) is 0. The quantitative estimate of drug-likeness (QED) is 0.414. The van der Waals surface area contributed by atoms with Crippen molar-refractivity contribution < 1.29 is 9.53 Å². The summed E-state index contributed by atoms with van der Waals surface area (Å²) in [6.45, 7) is 0.266. The van der Waals surface area contributed by atoms with Crippen LogP contribution in [0.4, 0.5) is 5.69 Å². The van der Waals surface area contributed by atoms with Crippen LogP contribution in [-0.4, -0.2) is 27.3 Å². The van der Waals surface area contributed by atoms with Gasteiger partial charge in [0.15, 0.2) is 0 Å². The molecule has 0 fully saturated rings. The van der Waals surface area contributed by atoms with Crippen molar-refractivity contribution in [1.29, 1.82) is 0 Å². The van der Waals surface area contributed by atoms with E-state index in [-0.39, 0.29) is 18.9 Å². The zero-order valence-electron chi connectivity index (χ0n) is 16.0. The number of carbonyl (C=O) groups is 1. The van der Waals surface area contributed by atoms with E-state index in [4.69, 9.17) is 4.74 Å².